The summed E-state index contributed by atoms with van der Waals surface area (Å²) >= 11 is 5.32. The molecule has 6 heteroatoms. The Labute approximate surface area is 171 Å². The smallest absolute Gasteiger partial charge is 0.255 e. The molecule has 1 atom stereocenters. The van der Waals surface area contributed by atoms with E-state index in [0.717, 1.165) is 33.8 Å². The minimum absolute atomic E-state index is 0.160. The maximum absolute atomic E-state index is 13.2. The van der Waals surface area contributed by atoms with Crippen LogP contribution in [0.2, 0.25) is 0 Å². The van der Waals surface area contributed by atoms with Crippen LogP contribution in [0.1, 0.15) is 36.6 Å². The first kappa shape index (κ1) is 19.9. The first-order valence-corrected chi connectivity index (χ1v) is 9.70. The number of rotatable bonds is 5. The second-order valence-corrected chi connectivity index (χ2v) is 7.18. The molecule has 3 rings (SSSR count). The highest BCUT2D eigenvalue weighted by atomic mass is 32.1. The van der Waals surface area contributed by atoms with Gasteiger partial charge in [-0.1, -0.05) is 24.3 Å². The van der Waals surface area contributed by atoms with Crippen LogP contribution in [0.4, 0.5) is 5.69 Å². The van der Waals surface area contributed by atoms with Crippen molar-refractivity contribution in [2.75, 3.05) is 11.9 Å². The average molecular weight is 396 g/mol. The maximum Gasteiger partial charge on any atom is 0.255 e. The quantitative estimate of drug-likeness (QED) is 0.665. The number of amides is 1. The van der Waals surface area contributed by atoms with E-state index in [-0.39, 0.29) is 11.9 Å². The van der Waals surface area contributed by atoms with Gasteiger partial charge in [0.15, 0.2) is 5.11 Å². The van der Waals surface area contributed by atoms with E-state index in [1.807, 2.05) is 70.2 Å². The van der Waals surface area contributed by atoms with Gasteiger partial charge in [-0.25, -0.2) is 0 Å². The van der Waals surface area contributed by atoms with Gasteiger partial charge < -0.3 is 20.7 Å². The lowest BCUT2D eigenvalue weighted by atomic mass is 9.94. The molecule has 146 valence electrons. The molecule has 1 amide bonds. The zero-order chi connectivity index (χ0) is 20.3. The number of thiocarbonyl (C=S) groups is 1. The van der Waals surface area contributed by atoms with Crippen molar-refractivity contribution >= 4 is 28.9 Å². The monoisotopic (exact) mass is 395 g/mol. The van der Waals surface area contributed by atoms with Gasteiger partial charge in [-0.15, -0.1) is 0 Å². The van der Waals surface area contributed by atoms with Gasteiger partial charge in [0, 0.05) is 11.4 Å². The average Bonchev–Trinajstić information content (AvgIpc) is 2.65. The third-order valence-corrected chi connectivity index (χ3v) is 5.11. The second kappa shape index (κ2) is 8.44. The second-order valence-electron chi connectivity index (χ2n) is 6.77. The van der Waals surface area contributed by atoms with Crippen LogP contribution in [0.25, 0.3) is 0 Å². The molecule has 2 aromatic carbocycles. The number of carbonyl (C=O) groups excluding carboxylic acids is 1. The van der Waals surface area contributed by atoms with Crippen molar-refractivity contribution in [3.05, 3.63) is 70.4 Å². The summed E-state index contributed by atoms with van der Waals surface area (Å²) in [5.74, 6) is 0.637. The van der Waals surface area contributed by atoms with E-state index in [1.165, 1.54) is 0 Å². The number of anilines is 1. The highest BCUT2D eigenvalue weighted by Gasteiger charge is 2.30. The zero-order valence-corrected chi connectivity index (χ0v) is 17.4. The Morgan fingerprint density at radius 2 is 1.86 bits per heavy atom. The molecule has 1 aliphatic heterocycles. The number of allylic oxidation sites excluding steroid dienone is 1. The van der Waals surface area contributed by atoms with Gasteiger partial charge in [-0.3, -0.25) is 4.79 Å². The summed E-state index contributed by atoms with van der Waals surface area (Å²) in [6.45, 7) is 8.45. The first-order chi connectivity index (χ1) is 13.4. The van der Waals surface area contributed by atoms with Crippen molar-refractivity contribution < 1.29 is 9.53 Å². The third-order valence-electron chi connectivity index (χ3n) is 4.89. The Balaban J connectivity index is 1.93. The van der Waals surface area contributed by atoms with Gasteiger partial charge in [0.05, 0.1) is 18.2 Å². The van der Waals surface area contributed by atoms with E-state index >= 15 is 0 Å². The Bertz CT molecular complexity index is 935. The molecule has 0 aliphatic carbocycles. The molecule has 0 saturated carbocycles. The molecule has 0 bridgehead atoms. The number of carbonyl (C=O) groups is 1. The van der Waals surface area contributed by atoms with Gasteiger partial charge >= 0.3 is 0 Å². The number of hydrogen-bond acceptors (Lipinski definition) is 3. The zero-order valence-electron chi connectivity index (χ0n) is 16.6. The van der Waals surface area contributed by atoms with Crippen LogP contribution in [0.3, 0.4) is 0 Å². The summed E-state index contributed by atoms with van der Waals surface area (Å²) in [5, 5.41) is 9.84. The molecule has 5 nitrogen and oxygen atoms in total. The Morgan fingerprint density at radius 1 is 1.14 bits per heavy atom. The third kappa shape index (κ3) is 4.17. The lowest BCUT2D eigenvalue weighted by Crippen LogP contribution is -2.45. The molecule has 0 fully saturated rings. The molecule has 3 N–H and O–H groups in total. The lowest BCUT2D eigenvalue weighted by molar-refractivity contribution is -0.113. The van der Waals surface area contributed by atoms with Crippen molar-refractivity contribution in [1.29, 1.82) is 0 Å². The molecule has 1 aliphatic rings. The molecular weight excluding hydrogens is 370 g/mol. The van der Waals surface area contributed by atoms with Crippen LogP contribution in [-0.2, 0) is 4.79 Å². The van der Waals surface area contributed by atoms with Crippen LogP contribution in [0.5, 0.6) is 5.75 Å². The van der Waals surface area contributed by atoms with Crippen LogP contribution in [-0.4, -0.2) is 17.6 Å². The fraction of sp³-hybridized carbons (Fsp3) is 0.273. The van der Waals surface area contributed by atoms with Crippen molar-refractivity contribution in [2.24, 2.45) is 0 Å². The van der Waals surface area contributed by atoms with E-state index < -0.39 is 0 Å². The highest BCUT2D eigenvalue weighted by Crippen LogP contribution is 2.29. The van der Waals surface area contributed by atoms with Crippen LogP contribution < -0.4 is 20.7 Å². The van der Waals surface area contributed by atoms with Gasteiger partial charge in [0.1, 0.15) is 5.75 Å². The fourth-order valence-electron chi connectivity index (χ4n) is 3.24. The predicted octanol–water partition coefficient (Wildman–Crippen LogP) is 4.13. The Morgan fingerprint density at radius 3 is 2.54 bits per heavy atom. The SMILES string of the molecule is CCOc1ccc([C@H]2NC(=S)NC(C)=C2C(=O)Nc2cccc(C)c2C)cc1. The van der Waals surface area contributed by atoms with Crippen molar-refractivity contribution in [2.45, 2.75) is 33.7 Å². The number of ether oxygens (including phenoxy) is 1. The molecule has 0 saturated heterocycles. The summed E-state index contributed by atoms with van der Waals surface area (Å²) in [7, 11) is 0. The molecule has 0 aromatic heterocycles. The van der Waals surface area contributed by atoms with Gasteiger partial charge in [0.25, 0.3) is 5.91 Å². The number of nitrogens with one attached hydrogen (secondary N) is 3. The number of aryl methyl sites for hydroxylation is 1. The molecular formula is C22H25N3O2S. The van der Waals surface area contributed by atoms with Crippen molar-refractivity contribution in [3.63, 3.8) is 0 Å². The maximum atomic E-state index is 13.2. The topological polar surface area (TPSA) is 62.4 Å². The largest absolute Gasteiger partial charge is 0.494 e. The minimum atomic E-state index is -0.338. The molecule has 0 spiro atoms. The van der Waals surface area contributed by atoms with E-state index in [1.54, 1.807) is 0 Å². The predicted molar refractivity (Wildman–Crippen MR) is 116 cm³/mol. The first-order valence-electron chi connectivity index (χ1n) is 9.29. The molecule has 2 aromatic rings. The Hall–Kier alpha value is -2.86. The number of hydrogen-bond donors (Lipinski definition) is 3. The van der Waals surface area contributed by atoms with Crippen molar-refractivity contribution in [1.82, 2.24) is 10.6 Å². The van der Waals surface area contributed by atoms with Crippen LogP contribution in [0, 0.1) is 13.8 Å². The molecule has 0 unspecified atom stereocenters. The summed E-state index contributed by atoms with van der Waals surface area (Å²) in [4.78, 5) is 13.2. The summed E-state index contributed by atoms with van der Waals surface area (Å²) in [6, 6.07) is 13.3. The highest BCUT2D eigenvalue weighted by molar-refractivity contribution is 7.80. The van der Waals surface area contributed by atoms with E-state index in [9.17, 15) is 4.79 Å². The molecule has 1 heterocycles. The lowest BCUT2D eigenvalue weighted by Gasteiger charge is -2.30. The van der Waals surface area contributed by atoms with E-state index in [2.05, 4.69) is 16.0 Å². The number of benzene rings is 2. The van der Waals surface area contributed by atoms with Crippen molar-refractivity contribution in [3.8, 4) is 5.75 Å². The van der Waals surface area contributed by atoms with Gasteiger partial charge in [0.2, 0.25) is 0 Å². The van der Waals surface area contributed by atoms with Crippen LogP contribution in [0.15, 0.2) is 53.7 Å². The normalized spacial score (nSPS) is 16.3. The van der Waals surface area contributed by atoms with Crippen LogP contribution >= 0.6 is 12.2 Å². The summed E-state index contributed by atoms with van der Waals surface area (Å²) < 4.78 is 5.52. The van der Waals surface area contributed by atoms with E-state index in [4.69, 9.17) is 17.0 Å². The minimum Gasteiger partial charge on any atom is -0.494 e. The Kier molecular flexibility index (Phi) is 5.99. The fourth-order valence-corrected chi connectivity index (χ4v) is 3.52. The standard InChI is InChI=1S/C22H25N3O2S/c1-5-27-17-11-9-16(10-12-17)20-19(15(4)23-22(28)25-20)21(26)24-18-8-6-7-13(2)14(18)3/h6-12,20H,5H2,1-4H3,(H,24,26)(H2,23,25,28)/t20-/m1/s1. The molecule has 0 radical (unpaired) electrons. The van der Waals surface area contributed by atoms with Gasteiger partial charge in [-0.2, -0.15) is 0 Å². The summed E-state index contributed by atoms with van der Waals surface area (Å²) in [6.07, 6.45) is 0. The van der Waals surface area contributed by atoms with Gasteiger partial charge in [-0.05, 0) is 74.8 Å². The van der Waals surface area contributed by atoms with E-state index in [0.29, 0.717) is 17.3 Å². The molecule has 28 heavy (non-hydrogen) atoms. The summed E-state index contributed by atoms with van der Waals surface area (Å²) in [5.41, 5.74) is 5.29.